The Morgan fingerprint density at radius 3 is 2.74 bits per heavy atom. The van der Waals surface area contributed by atoms with Crippen molar-refractivity contribution in [3.63, 3.8) is 0 Å². The molecule has 0 bridgehead atoms. The van der Waals surface area contributed by atoms with Gasteiger partial charge < -0.3 is 14.6 Å². The van der Waals surface area contributed by atoms with Gasteiger partial charge in [0.05, 0.1) is 19.1 Å². The summed E-state index contributed by atoms with van der Waals surface area (Å²) in [6.45, 7) is 2.59. The van der Waals surface area contributed by atoms with E-state index in [4.69, 9.17) is 9.26 Å². The van der Waals surface area contributed by atoms with Crippen molar-refractivity contribution in [1.29, 1.82) is 0 Å². The molecule has 3 rings (SSSR count). The summed E-state index contributed by atoms with van der Waals surface area (Å²) in [7, 11) is 0. The SMILES string of the molecule is C1CCCC(c2noc(CC3CNCCO3)n2)CC1. The second kappa shape index (κ2) is 6.48. The zero-order valence-corrected chi connectivity index (χ0v) is 11.4. The lowest BCUT2D eigenvalue weighted by Crippen LogP contribution is -2.39. The number of rotatable bonds is 3. The van der Waals surface area contributed by atoms with Crippen molar-refractivity contribution in [2.45, 2.75) is 57.0 Å². The molecule has 1 N–H and O–H groups in total. The molecule has 0 radical (unpaired) electrons. The average molecular weight is 265 g/mol. The molecule has 1 atom stereocenters. The van der Waals surface area contributed by atoms with Crippen LogP contribution in [0.5, 0.6) is 0 Å². The molecular weight excluding hydrogens is 242 g/mol. The van der Waals surface area contributed by atoms with Gasteiger partial charge in [-0.15, -0.1) is 0 Å². The van der Waals surface area contributed by atoms with E-state index < -0.39 is 0 Å². The molecule has 5 heteroatoms. The Morgan fingerprint density at radius 2 is 2.00 bits per heavy atom. The van der Waals surface area contributed by atoms with Gasteiger partial charge in [-0.2, -0.15) is 4.98 Å². The van der Waals surface area contributed by atoms with E-state index in [-0.39, 0.29) is 6.10 Å². The van der Waals surface area contributed by atoms with Crippen LogP contribution in [0, 0.1) is 0 Å². The van der Waals surface area contributed by atoms with Crippen molar-refractivity contribution in [2.24, 2.45) is 0 Å². The highest BCUT2D eigenvalue weighted by Crippen LogP contribution is 2.29. The van der Waals surface area contributed by atoms with Crippen LogP contribution in [0.1, 0.15) is 56.2 Å². The molecule has 1 unspecified atom stereocenters. The molecule has 19 heavy (non-hydrogen) atoms. The molecule has 1 aliphatic carbocycles. The van der Waals surface area contributed by atoms with E-state index in [0.717, 1.165) is 37.8 Å². The summed E-state index contributed by atoms with van der Waals surface area (Å²) >= 11 is 0. The van der Waals surface area contributed by atoms with Crippen LogP contribution < -0.4 is 5.32 Å². The Morgan fingerprint density at radius 1 is 1.16 bits per heavy atom. The Hall–Kier alpha value is -0.940. The fourth-order valence-corrected chi connectivity index (χ4v) is 3.00. The zero-order valence-electron chi connectivity index (χ0n) is 11.4. The first-order chi connectivity index (χ1) is 9.42. The van der Waals surface area contributed by atoms with Gasteiger partial charge in [0.1, 0.15) is 0 Å². The highest BCUT2D eigenvalue weighted by molar-refractivity contribution is 4.97. The molecule has 5 nitrogen and oxygen atoms in total. The van der Waals surface area contributed by atoms with E-state index in [1.165, 1.54) is 38.5 Å². The number of hydrogen-bond acceptors (Lipinski definition) is 5. The number of nitrogens with zero attached hydrogens (tertiary/aromatic N) is 2. The minimum Gasteiger partial charge on any atom is -0.375 e. The van der Waals surface area contributed by atoms with Crippen LogP contribution in [0.3, 0.4) is 0 Å². The number of hydrogen-bond donors (Lipinski definition) is 1. The monoisotopic (exact) mass is 265 g/mol. The van der Waals surface area contributed by atoms with E-state index in [1.54, 1.807) is 0 Å². The first-order valence-corrected chi connectivity index (χ1v) is 7.56. The summed E-state index contributed by atoms with van der Waals surface area (Å²) < 4.78 is 11.1. The standard InChI is InChI=1S/C14H23N3O2/c1-2-4-6-11(5-3-1)14-16-13(19-17-14)9-12-10-15-7-8-18-12/h11-12,15H,1-10H2. The number of ether oxygens (including phenoxy) is 1. The molecule has 106 valence electrons. The summed E-state index contributed by atoms with van der Waals surface area (Å²) in [6, 6.07) is 0. The average Bonchev–Trinajstić information content (AvgIpc) is 2.74. The predicted octanol–water partition coefficient (Wildman–Crippen LogP) is 2.04. The molecule has 2 fully saturated rings. The molecule has 0 amide bonds. The third kappa shape index (κ3) is 3.54. The molecule has 0 spiro atoms. The molecule has 2 heterocycles. The molecule has 1 aliphatic heterocycles. The number of aromatic nitrogens is 2. The lowest BCUT2D eigenvalue weighted by molar-refractivity contribution is 0.0246. The summed E-state index contributed by atoms with van der Waals surface area (Å²) in [4.78, 5) is 4.58. The van der Waals surface area contributed by atoms with Crippen LogP contribution in [0.4, 0.5) is 0 Å². The van der Waals surface area contributed by atoms with Crippen LogP contribution in [0.25, 0.3) is 0 Å². The van der Waals surface area contributed by atoms with Gasteiger partial charge in [0.25, 0.3) is 0 Å². The van der Waals surface area contributed by atoms with Crippen LogP contribution in [-0.4, -0.2) is 35.9 Å². The first kappa shape index (κ1) is 13.1. The maximum Gasteiger partial charge on any atom is 0.229 e. The Labute approximate surface area is 114 Å². The topological polar surface area (TPSA) is 60.2 Å². The van der Waals surface area contributed by atoms with Gasteiger partial charge in [-0.1, -0.05) is 30.8 Å². The molecule has 0 aromatic carbocycles. The third-order valence-corrected chi connectivity index (χ3v) is 4.11. The highest BCUT2D eigenvalue weighted by atomic mass is 16.5. The minimum atomic E-state index is 0.177. The molecule has 2 aliphatic rings. The fourth-order valence-electron chi connectivity index (χ4n) is 3.00. The van der Waals surface area contributed by atoms with Gasteiger partial charge in [-0.05, 0) is 12.8 Å². The smallest absolute Gasteiger partial charge is 0.229 e. The summed E-state index contributed by atoms with van der Waals surface area (Å²) in [5, 5.41) is 7.50. The summed E-state index contributed by atoms with van der Waals surface area (Å²) in [5.41, 5.74) is 0. The van der Waals surface area contributed by atoms with Crippen LogP contribution in [0.15, 0.2) is 4.52 Å². The Kier molecular flexibility index (Phi) is 4.45. The van der Waals surface area contributed by atoms with Crippen LogP contribution in [-0.2, 0) is 11.2 Å². The van der Waals surface area contributed by atoms with Crippen molar-refractivity contribution < 1.29 is 9.26 Å². The van der Waals surface area contributed by atoms with Crippen molar-refractivity contribution in [3.8, 4) is 0 Å². The van der Waals surface area contributed by atoms with Crippen molar-refractivity contribution in [2.75, 3.05) is 19.7 Å². The minimum absolute atomic E-state index is 0.177. The Balaban J connectivity index is 1.58. The van der Waals surface area contributed by atoms with Gasteiger partial charge in [0.15, 0.2) is 5.82 Å². The molecule has 1 aromatic heterocycles. The largest absolute Gasteiger partial charge is 0.375 e. The highest BCUT2D eigenvalue weighted by Gasteiger charge is 2.22. The second-order valence-electron chi connectivity index (χ2n) is 5.64. The summed E-state index contributed by atoms with van der Waals surface area (Å²) in [6.07, 6.45) is 8.62. The summed E-state index contributed by atoms with van der Waals surface area (Å²) in [5.74, 6) is 2.15. The van der Waals surface area contributed by atoms with E-state index in [1.807, 2.05) is 0 Å². The normalized spacial score (nSPS) is 26.2. The maximum atomic E-state index is 5.67. The number of morpholine rings is 1. The number of nitrogens with one attached hydrogen (secondary N) is 1. The van der Waals surface area contributed by atoms with Crippen LogP contribution >= 0.6 is 0 Å². The first-order valence-electron chi connectivity index (χ1n) is 7.56. The third-order valence-electron chi connectivity index (χ3n) is 4.11. The van der Waals surface area contributed by atoms with Gasteiger partial charge in [0, 0.05) is 19.0 Å². The van der Waals surface area contributed by atoms with E-state index in [9.17, 15) is 0 Å². The molecular formula is C14H23N3O2. The molecule has 1 aromatic rings. The predicted molar refractivity (Wildman–Crippen MR) is 71.1 cm³/mol. The quantitative estimate of drug-likeness (QED) is 0.847. The van der Waals surface area contributed by atoms with Gasteiger partial charge in [-0.25, -0.2) is 0 Å². The molecule has 1 saturated heterocycles. The van der Waals surface area contributed by atoms with E-state index in [0.29, 0.717) is 5.92 Å². The van der Waals surface area contributed by atoms with Gasteiger partial charge in [0.2, 0.25) is 5.89 Å². The fraction of sp³-hybridized carbons (Fsp3) is 0.857. The lowest BCUT2D eigenvalue weighted by Gasteiger charge is -2.21. The maximum absolute atomic E-state index is 5.67. The van der Waals surface area contributed by atoms with E-state index in [2.05, 4.69) is 15.5 Å². The van der Waals surface area contributed by atoms with Crippen molar-refractivity contribution in [1.82, 2.24) is 15.5 Å². The van der Waals surface area contributed by atoms with Crippen molar-refractivity contribution >= 4 is 0 Å². The Bertz CT molecular complexity index is 380. The second-order valence-corrected chi connectivity index (χ2v) is 5.64. The zero-order chi connectivity index (χ0) is 12.9. The lowest BCUT2D eigenvalue weighted by atomic mass is 10.00. The molecule has 1 saturated carbocycles. The van der Waals surface area contributed by atoms with Gasteiger partial charge >= 0.3 is 0 Å². The van der Waals surface area contributed by atoms with Crippen molar-refractivity contribution in [3.05, 3.63) is 11.7 Å². The van der Waals surface area contributed by atoms with Crippen LogP contribution in [0.2, 0.25) is 0 Å². The van der Waals surface area contributed by atoms with Gasteiger partial charge in [-0.3, -0.25) is 0 Å². The van der Waals surface area contributed by atoms with E-state index >= 15 is 0 Å².